The third-order valence-electron chi connectivity index (χ3n) is 8.87. The van der Waals surface area contributed by atoms with Gasteiger partial charge >= 0.3 is 5.97 Å². The van der Waals surface area contributed by atoms with E-state index < -0.39 is 17.9 Å². The van der Waals surface area contributed by atoms with Gasteiger partial charge < -0.3 is 29.5 Å². The fourth-order valence-corrected chi connectivity index (χ4v) is 6.66. The van der Waals surface area contributed by atoms with Crippen molar-refractivity contribution in [3.63, 3.8) is 0 Å². The molecule has 8 nitrogen and oxygen atoms in total. The van der Waals surface area contributed by atoms with Gasteiger partial charge in [-0.2, -0.15) is 0 Å². The van der Waals surface area contributed by atoms with Crippen LogP contribution in [0.5, 0.6) is 11.5 Å². The largest absolute Gasteiger partial charge is 0.485 e. The zero-order chi connectivity index (χ0) is 28.8. The summed E-state index contributed by atoms with van der Waals surface area (Å²) in [5.74, 6) is 0.408. The van der Waals surface area contributed by atoms with Gasteiger partial charge in [0, 0.05) is 35.8 Å². The normalized spacial score (nSPS) is 23.7. The van der Waals surface area contributed by atoms with Crippen LogP contribution >= 0.6 is 11.6 Å². The summed E-state index contributed by atoms with van der Waals surface area (Å²) >= 11 is 5.93. The number of ether oxygens (including phenoxy) is 3. The van der Waals surface area contributed by atoms with Gasteiger partial charge in [0.2, 0.25) is 0 Å². The number of para-hydroxylation sites is 1. The van der Waals surface area contributed by atoms with Gasteiger partial charge in [-0.3, -0.25) is 4.90 Å². The molecular formula is C32H33ClFN3O5. The lowest BCUT2D eigenvalue weighted by atomic mass is 9.88. The number of halogens is 2. The molecule has 0 saturated carbocycles. The Labute approximate surface area is 248 Å². The highest BCUT2D eigenvalue weighted by Crippen LogP contribution is 2.45. The van der Waals surface area contributed by atoms with Gasteiger partial charge in [-0.1, -0.05) is 29.8 Å². The van der Waals surface area contributed by atoms with Gasteiger partial charge in [0.05, 0.1) is 23.0 Å². The summed E-state index contributed by atoms with van der Waals surface area (Å²) in [4.78, 5) is 16.4. The number of nitrogens with zero attached hydrogens (tertiary/aromatic N) is 2. The molecule has 4 aliphatic heterocycles. The number of fused-ring (bicyclic) bond motifs is 2. The SMILES string of the molecule is O=C(O)c1ccc2c(c1)N(CC1CCO1)C(CN1CCC(c3cccc4c3OCC(c3ccc(Cl)cc3F)O4)CC1)N2. The number of hydrogen-bond donors (Lipinski definition) is 2. The fraction of sp³-hybridized carbons (Fsp3) is 0.406. The van der Waals surface area contributed by atoms with Gasteiger partial charge in [0.15, 0.2) is 17.6 Å². The maximum Gasteiger partial charge on any atom is 0.335 e. The minimum absolute atomic E-state index is 0.0382. The average molecular weight is 594 g/mol. The Hall–Kier alpha value is -3.53. The van der Waals surface area contributed by atoms with Crippen LogP contribution in [0.15, 0.2) is 54.6 Å². The maximum absolute atomic E-state index is 14.5. The van der Waals surface area contributed by atoms with Crippen LogP contribution in [0, 0.1) is 5.82 Å². The second-order valence-electron chi connectivity index (χ2n) is 11.5. The number of nitrogens with one attached hydrogen (secondary N) is 1. The van der Waals surface area contributed by atoms with Crippen molar-refractivity contribution >= 4 is 28.9 Å². The molecule has 0 spiro atoms. The predicted octanol–water partition coefficient (Wildman–Crippen LogP) is 5.92. The topological polar surface area (TPSA) is 83.5 Å². The monoisotopic (exact) mass is 593 g/mol. The molecule has 3 unspecified atom stereocenters. The quantitative estimate of drug-likeness (QED) is 0.350. The minimum atomic E-state index is -0.923. The molecule has 2 saturated heterocycles. The van der Waals surface area contributed by atoms with Crippen LogP contribution in [-0.4, -0.2) is 67.6 Å². The summed E-state index contributed by atoms with van der Waals surface area (Å²) in [5, 5.41) is 13.5. The summed E-state index contributed by atoms with van der Waals surface area (Å²) < 4.78 is 32.7. The standard InChI is InChI=1S/C32H33ClFN3O5/c33-21-5-6-24(25(34)15-21)29-18-41-31-23(2-1-3-28(31)42-29)19-8-11-36(12-9-19)17-30-35-26-7-4-20(32(38)39)14-27(26)37(30)16-22-10-13-40-22/h1-7,14-15,19,22,29-30,35H,8-13,16-18H2,(H,38,39). The number of carbonyl (C=O) groups is 1. The molecule has 3 aromatic rings. The number of likely N-dealkylation sites (tertiary alicyclic amines) is 1. The van der Waals surface area contributed by atoms with Crippen molar-refractivity contribution in [2.24, 2.45) is 0 Å². The number of carboxylic acids is 1. The number of rotatable bonds is 7. The van der Waals surface area contributed by atoms with Gasteiger partial charge in [0.1, 0.15) is 18.6 Å². The summed E-state index contributed by atoms with van der Waals surface area (Å²) in [7, 11) is 0. The van der Waals surface area contributed by atoms with Crippen LogP contribution in [0.2, 0.25) is 5.02 Å². The van der Waals surface area contributed by atoms with E-state index in [1.807, 2.05) is 18.2 Å². The first-order valence-electron chi connectivity index (χ1n) is 14.5. The smallest absolute Gasteiger partial charge is 0.335 e. The molecule has 2 fully saturated rings. The Bertz CT molecular complexity index is 1490. The van der Waals surface area contributed by atoms with Crippen molar-refractivity contribution in [1.82, 2.24) is 4.90 Å². The predicted molar refractivity (Wildman–Crippen MR) is 158 cm³/mol. The highest BCUT2D eigenvalue weighted by atomic mass is 35.5. The van der Waals surface area contributed by atoms with Crippen molar-refractivity contribution in [2.75, 3.05) is 49.6 Å². The Balaban J connectivity index is 1.01. The van der Waals surface area contributed by atoms with Gasteiger partial charge in [-0.15, -0.1) is 0 Å². The zero-order valence-corrected chi connectivity index (χ0v) is 23.9. The fourth-order valence-electron chi connectivity index (χ4n) is 6.50. The van der Waals surface area contributed by atoms with Crippen LogP contribution in [0.3, 0.4) is 0 Å². The van der Waals surface area contributed by atoms with Gasteiger partial charge in [-0.05, 0) is 74.7 Å². The first kappa shape index (κ1) is 27.3. The first-order valence-corrected chi connectivity index (χ1v) is 14.9. The van der Waals surface area contributed by atoms with E-state index in [-0.39, 0.29) is 18.9 Å². The second-order valence-corrected chi connectivity index (χ2v) is 11.9. The Morgan fingerprint density at radius 1 is 1.05 bits per heavy atom. The molecule has 0 amide bonds. The third kappa shape index (κ3) is 5.25. The lowest BCUT2D eigenvalue weighted by molar-refractivity contribution is -0.0452. The van der Waals surface area contributed by atoms with Crippen LogP contribution in [-0.2, 0) is 4.74 Å². The van der Waals surface area contributed by atoms with Crippen molar-refractivity contribution in [1.29, 1.82) is 0 Å². The molecule has 0 aliphatic carbocycles. The molecule has 4 aliphatic rings. The molecule has 42 heavy (non-hydrogen) atoms. The van der Waals surface area contributed by atoms with E-state index in [9.17, 15) is 14.3 Å². The molecule has 7 rings (SSSR count). The lowest BCUT2D eigenvalue weighted by Crippen LogP contribution is -2.51. The molecule has 3 atom stereocenters. The number of piperidine rings is 1. The highest BCUT2D eigenvalue weighted by molar-refractivity contribution is 6.30. The molecule has 2 N–H and O–H groups in total. The zero-order valence-electron chi connectivity index (χ0n) is 23.1. The molecule has 0 aromatic heterocycles. The number of carboxylic acid groups (broad SMARTS) is 1. The molecule has 4 heterocycles. The molecule has 10 heteroatoms. The molecule has 3 aromatic carbocycles. The Morgan fingerprint density at radius 3 is 2.62 bits per heavy atom. The van der Waals surface area contributed by atoms with E-state index in [1.165, 1.54) is 6.07 Å². The number of aromatic carboxylic acids is 1. The van der Waals surface area contributed by atoms with Crippen LogP contribution in [0.4, 0.5) is 15.8 Å². The van der Waals surface area contributed by atoms with E-state index in [0.29, 0.717) is 27.8 Å². The molecule has 220 valence electrons. The van der Waals surface area contributed by atoms with Crippen molar-refractivity contribution < 1.29 is 28.5 Å². The van der Waals surface area contributed by atoms with Crippen molar-refractivity contribution in [2.45, 2.75) is 43.6 Å². The summed E-state index contributed by atoms with van der Waals surface area (Å²) in [6.07, 6.45) is 2.64. The summed E-state index contributed by atoms with van der Waals surface area (Å²) in [6.45, 7) is 4.42. The average Bonchev–Trinajstić information content (AvgIpc) is 3.30. The van der Waals surface area contributed by atoms with E-state index in [2.05, 4.69) is 21.2 Å². The maximum atomic E-state index is 14.5. The number of benzene rings is 3. The van der Waals surface area contributed by atoms with E-state index in [4.69, 9.17) is 25.8 Å². The van der Waals surface area contributed by atoms with E-state index in [1.54, 1.807) is 24.3 Å². The van der Waals surface area contributed by atoms with Crippen LogP contribution in [0.25, 0.3) is 0 Å². The van der Waals surface area contributed by atoms with Gasteiger partial charge in [-0.25, -0.2) is 9.18 Å². The minimum Gasteiger partial charge on any atom is -0.485 e. The van der Waals surface area contributed by atoms with E-state index >= 15 is 0 Å². The van der Waals surface area contributed by atoms with Crippen LogP contribution < -0.4 is 19.7 Å². The summed E-state index contributed by atoms with van der Waals surface area (Å²) in [5.41, 5.74) is 3.75. The second kappa shape index (κ2) is 11.3. The van der Waals surface area contributed by atoms with Crippen LogP contribution in [0.1, 0.15) is 52.8 Å². The highest BCUT2D eigenvalue weighted by Gasteiger charge is 2.36. The number of anilines is 2. The Morgan fingerprint density at radius 2 is 1.88 bits per heavy atom. The van der Waals surface area contributed by atoms with Crippen molar-refractivity contribution in [3.8, 4) is 11.5 Å². The first-order chi connectivity index (χ1) is 20.4. The summed E-state index contributed by atoms with van der Waals surface area (Å²) in [6, 6.07) is 15.9. The molecule has 0 bridgehead atoms. The molecular weight excluding hydrogens is 561 g/mol. The Kier molecular flexibility index (Phi) is 7.34. The molecule has 0 radical (unpaired) electrons. The van der Waals surface area contributed by atoms with Crippen molar-refractivity contribution in [3.05, 3.63) is 82.1 Å². The van der Waals surface area contributed by atoms with E-state index in [0.717, 1.165) is 74.7 Å². The third-order valence-corrected chi connectivity index (χ3v) is 9.11. The lowest BCUT2D eigenvalue weighted by Gasteiger charge is -2.39. The number of hydrogen-bond acceptors (Lipinski definition) is 7. The van der Waals surface area contributed by atoms with Gasteiger partial charge in [0.25, 0.3) is 0 Å².